The molecule has 2 N–H and O–H groups in total. The van der Waals surface area contributed by atoms with E-state index in [9.17, 15) is 4.79 Å². The molecule has 0 saturated carbocycles. The van der Waals surface area contributed by atoms with E-state index in [0.717, 1.165) is 0 Å². The molecular weight excluding hydrogens is 264 g/mol. The largest absolute Gasteiger partial charge is 0.497 e. The maximum absolute atomic E-state index is 12.2. The minimum Gasteiger partial charge on any atom is -0.497 e. The van der Waals surface area contributed by atoms with Crippen molar-refractivity contribution in [1.29, 1.82) is 0 Å². The van der Waals surface area contributed by atoms with Crippen LogP contribution in [-0.4, -0.2) is 38.1 Å². The fraction of sp³-hybridized carbons (Fsp3) is 0.500. The third-order valence-corrected chi connectivity index (χ3v) is 2.88. The Morgan fingerprint density at radius 2 is 2.05 bits per heavy atom. The second-order valence-corrected chi connectivity index (χ2v) is 5.26. The summed E-state index contributed by atoms with van der Waals surface area (Å²) in [6.07, 6.45) is 0. The molecule has 0 spiro atoms. The normalized spacial score (nSPS) is 10.6. The molecule has 0 atom stereocenters. The van der Waals surface area contributed by atoms with E-state index in [1.54, 1.807) is 31.2 Å². The Morgan fingerprint density at radius 1 is 1.42 bits per heavy atom. The quantitative estimate of drug-likeness (QED) is 0.902. The maximum atomic E-state index is 12.2. The molecule has 0 bridgehead atoms. The average molecular weight is 287 g/mol. The minimum absolute atomic E-state index is 0. The molecule has 0 aromatic heterocycles. The predicted molar refractivity (Wildman–Crippen MR) is 80.0 cm³/mol. The van der Waals surface area contributed by atoms with Crippen molar-refractivity contribution in [1.82, 2.24) is 4.90 Å². The van der Waals surface area contributed by atoms with Crippen LogP contribution in [0, 0.1) is 5.41 Å². The van der Waals surface area contributed by atoms with Crippen molar-refractivity contribution in [2.75, 3.05) is 27.2 Å². The topological polar surface area (TPSA) is 55.6 Å². The summed E-state index contributed by atoms with van der Waals surface area (Å²) >= 11 is 0. The molecule has 1 rings (SSSR count). The highest BCUT2D eigenvalue weighted by molar-refractivity contribution is 5.94. The van der Waals surface area contributed by atoms with Crippen LogP contribution in [0.15, 0.2) is 24.3 Å². The van der Waals surface area contributed by atoms with Crippen molar-refractivity contribution in [3.05, 3.63) is 29.8 Å². The van der Waals surface area contributed by atoms with Gasteiger partial charge in [0.2, 0.25) is 0 Å². The Bertz CT molecular complexity index is 422. The van der Waals surface area contributed by atoms with Crippen LogP contribution in [0.5, 0.6) is 5.75 Å². The van der Waals surface area contributed by atoms with Gasteiger partial charge in [0.05, 0.1) is 7.11 Å². The molecule has 0 radical (unpaired) electrons. The molecule has 0 unspecified atom stereocenters. The number of halogens is 1. The van der Waals surface area contributed by atoms with Gasteiger partial charge < -0.3 is 15.4 Å². The first-order chi connectivity index (χ1) is 8.39. The van der Waals surface area contributed by atoms with Crippen LogP contribution in [0.2, 0.25) is 0 Å². The summed E-state index contributed by atoms with van der Waals surface area (Å²) < 4.78 is 5.12. The zero-order chi connectivity index (χ0) is 13.8. The van der Waals surface area contributed by atoms with E-state index in [1.807, 2.05) is 26.0 Å². The molecule has 0 aliphatic carbocycles. The van der Waals surface area contributed by atoms with Gasteiger partial charge in [0.1, 0.15) is 5.75 Å². The number of nitrogens with two attached hydrogens (primary N) is 1. The monoisotopic (exact) mass is 286 g/mol. The van der Waals surface area contributed by atoms with Gasteiger partial charge in [-0.2, -0.15) is 0 Å². The fourth-order valence-corrected chi connectivity index (χ4v) is 1.75. The summed E-state index contributed by atoms with van der Waals surface area (Å²) in [6.45, 7) is 5.26. The Hall–Kier alpha value is -1.26. The molecule has 19 heavy (non-hydrogen) atoms. The van der Waals surface area contributed by atoms with Gasteiger partial charge >= 0.3 is 0 Å². The maximum Gasteiger partial charge on any atom is 0.253 e. The highest BCUT2D eigenvalue weighted by atomic mass is 35.5. The van der Waals surface area contributed by atoms with E-state index in [1.165, 1.54) is 0 Å². The zero-order valence-electron chi connectivity index (χ0n) is 12.0. The molecular formula is C14H23ClN2O2. The van der Waals surface area contributed by atoms with Crippen molar-refractivity contribution in [2.24, 2.45) is 11.1 Å². The van der Waals surface area contributed by atoms with Crippen molar-refractivity contribution >= 4 is 18.3 Å². The third kappa shape index (κ3) is 5.09. The van der Waals surface area contributed by atoms with Gasteiger partial charge in [-0.05, 0) is 30.2 Å². The Labute approximate surface area is 121 Å². The molecule has 1 aromatic rings. The predicted octanol–water partition coefficient (Wildman–Crippen LogP) is 2.17. The third-order valence-electron chi connectivity index (χ3n) is 2.88. The van der Waals surface area contributed by atoms with E-state index in [4.69, 9.17) is 10.5 Å². The first-order valence-corrected chi connectivity index (χ1v) is 5.99. The number of ether oxygens (including phenoxy) is 1. The molecule has 0 fully saturated rings. The summed E-state index contributed by atoms with van der Waals surface area (Å²) in [7, 11) is 3.38. The lowest BCUT2D eigenvalue weighted by molar-refractivity contribution is 0.0740. The standard InChI is InChI=1S/C14H22N2O2.ClH/c1-14(2,9-15)10-16(3)13(17)11-6-5-7-12(8-11)18-4;/h5-8H,9-10,15H2,1-4H3;1H. The zero-order valence-corrected chi connectivity index (χ0v) is 12.8. The van der Waals surface area contributed by atoms with E-state index >= 15 is 0 Å². The highest BCUT2D eigenvalue weighted by Crippen LogP contribution is 2.18. The molecule has 0 saturated heterocycles. The van der Waals surface area contributed by atoms with E-state index in [0.29, 0.717) is 24.4 Å². The molecule has 0 heterocycles. The lowest BCUT2D eigenvalue weighted by Gasteiger charge is -2.29. The van der Waals surface area contributed by atoms with Gasteiger partial charge in [-0.3, -0.25) is 4.79 Å². The number of hydrogen-bond donors (Lipinski definition) is 1. The summed E-state index contributed by atoms with van der Waals surface area (Å²) in [5, 5.41) is 0. The number of rotatable bonds is 5. The molecule has 1 aromatic carbocycles. The van der Waals surface area contributed by atoms with E-state index < -0.39 is 0 Å². The van der Waals surface area contributed by atoms with Crippen molar-refractivity contribution < 1.29 is 9.53 Å². The Morgan fingerprint density at radius 3 is 2.58 bits per heavy atom. The van der Waals surface area contributed by atoms with Crippen LogP contribution < -0.4 is 10.5 Å². The Kier molecular flexibility index (Phi) is 6.87. The van der Waals surface area contributed by atoms with Crippen LogP contribution in [0.1, 0.15) is 24.2 Å². The number of amides is 1. The SMILES string of the molecule is COc1cccc(C(=O)N(C)CC(C)(C)CN)c1.Cl. The number of carbonyl (C=O) groups is 1. The summed E-state index contributed by atoms with van der Waals surface area (Å²) in [5.41, 5.74) is 6.23. The van der Waals surface area contributed by atoms with Crippen molar-refractivity contribution in [3.63, 3.8) is 0 Å². The van der Waals surface area contributed by atoms with Crippen LogP contribution in [-0.2, 0) is 0 Å². The second kappa shape index (κ2) is 7.36. The number of methoxy groups -OCH3 is 1. The van der Waals surface area contributed by atoms with Crippen LogP contribution in [0.25, 0.3) is 0 Å². The summed E-state index contributed by atoms with van der Waals surface area (Å²) in [6, 6.07) is 7.17. The summed E-state index contributed by atoms with van der Waals surface area (Å²) in [4.78, 5) is 13.9. The van der Waals surface area contributed by atoms with Gasteiger partial charge in [0, 0.05) is 19.2 Å². The smallest absolute Gasteiger partial charge is 0.253 e. The van der Waals surface area contributed by atoms with Crippen LogP contribution in [0.3, 0.4) is 0 Å². The lowest BCUT2D eigenvalue weighted by Crippen LogP contribution is -2.39. The van der Waals surface area contributed by atoms with E-state index in [-0.39, 0.29) is 23.7 Å². The summed E-state index contributed by atoms with van der Waals surface area (Å²) in [5.74, 6) is 0.669. The lowest BCUT2D eigenvalue weighted by atomic mass is 9.93. The second-order valence-electron chi connectivity index (χ2n) is 5.26. The van der Waals surface area contributed by atoms with Gasteiger partial charge in [0.25, 0.3) is 5.91 Å². The first-order valence-electron chi connectivity index (χ1n) is 5.99. The average Bonchev–Trinajstić information content (AvgIpc) is 2.37. The molecule has 0 aliphatic rings. The number of hydrogen-bond acceptors (Lipinski definition) is 3. The molecule has 108 valence electrons. The van der Waals surface area contributed by atoms with Crippen molar-refractivity contribution in [2.45, 2.75) is 13.8 Å². The van der Waals surface area contributed by atoms with Crippen LogP contribution in [0.4, 0.5) is 0 Å². The molecule has 0 aliphatic heterocycles. The van der Waals surface area contributed by atoms with Gasteiger partial charge in [-0.1, -0.05) is 19.9 Å². The first kappa shape index (κ1) is 17.7. The van der Waals surface area contributed by atoms with Gasteiger partial charge in [0.15, 0.2) is 0 Å². The molecule has 1 amide bonds. The number of nitrogens with zero attached hydrogens (tertiary/aromatic N) is 1. The van der Waals surface area contributed by atoms with Crippen LogP contribution >= 0.6 is 12.4 Å². The van der Waals surface area contributed by atoms with E-state index in [2.05, 4.69) is 0 Å². The minimum atomic E-state index is -0.0801. The van der Waals surface area contributed by atoms with Crippen molar-refractivity contribution in [3.8, 4) is 5.75 Å². The molecule has 4 nitrogen and oxygen atoms in total. The van der Waals surface area contributed by atoms with Gasteiger partial charge in [-0.15, -0.1) is 12.4 Å². The van der Waals surface area contributed by atoms with Gasteiger partial charge in [-0.25, -0.2) is 0 Å². The number of benzene rings is 1. The fourth-order valence-electron chi connectivity index (χ4n) is 1.75. The Balaban J connectivity index is 0.00000324. The highest BCUT2D eigenvalue weighted by Gasteiger charge is 2.22. The number of carbonyl (C=O) groups excluding carboxylic acids is 1. The molecule has 5 heteroatoms.